The molecule has 0 fully saturated rings. The van der Waals surface area contributed by atoms with Gasteiger partial charge in [-0.1, -0.05) is 12.1 Å². The second kappa shape index (κ2) is 6.91. The molecule has 0 bridgehead atoms. The molecule has 1 rings (SSSR count). The average molecular weight is 281 g/mol. The summed E-state index contributed by atoms with van der Waals surface area (Å²) in [7, 11) is 0. The van der Waals surface area contributed by atoms with Gasteiger partial charge in [-0.15, -0.1) is 0 Å². The van der Waals surface area contributed by atoms with E-state index in [1.54, 1.807) is 45.0 Å². The first-order chi connectivity index (χ1) is 9.30. The molecule has 0 unspecified atom stereocenters. The number of carbonyl (C=O) groups is 2. The van der Waals surface area contributed by atoms with Crippen LogP contribution < -0.4 is 10.1 Å². The highest BCUT2D eigenvalue weighted by Crippen LogP contribution is 2.13. The van der Waals surface area contributed by atoms with E-state index in [0.29, 0.717) is 11.3 Å². The fourth-order valence-electron chi connectivity index (χ4n) is 1.33. The minimum atomic E-state index is -0.682. The molecule has 0 aliphatic heterocycles. The lowest BCUT2D eigenvalue weighted by atomic mass is 10.2. The number of hydrogen-bond donors (Lipinski definition) is 2. The molecule has 1 amide bonds. The zero-order valence-electron chi connectivity index (χ0n) is 11.8. The van der Waals surface area contributed by atoms with Crippen LogP contribution >= 0.6 is 0 Å². The number of hydrogen-bond acceptors (Lipinski definition) is 5. The zero-order chi connectivity index (χ0) is 15.2. The van der Waals surface area contributed by atoms with Crippen molar-refractivity contribution in [2.75, 3.05) is 6.54 Å². The van der Waals surface area contributed by atoms with Crippen LogP contribution in [-0.2, 0) is 16.1 Å². The molecule has 0 spiro atoms. The molecule has 0 aliphatic rings. The second-order valence-electron chi connectivity index (χ2n) is 5.14. The minimum absolute atomic E-state index is 0.137. The van der Waals surface area contributed by atoms with Gasteiger partial charge in [0.15, 0.2) is 0 Å². The minimum Gasteiger partial charge on any atom is -0.444 e. The van der Waals surface area contributed by atoms with Gasteiger partial charge >= 0.3 is 12.1 Å². The number of nitrogens with one attached hydrogen (secondary N) is 1. The van der Waals surface area contributed by atoms with Crippen molar-refractivity contribution in [2.24, 2.45) is 0 Å². The number of aliphatic hydroxyl groups excluding tert-OH is 1. The van der Waals surface area contributed by atoms with Crippen molar-refractivity contribution >= 4 is 12.1 Å². The molecule has 6 heteroatoms. The van der Waals surface area contributed by atoms with Gasteiger partial charge in [-0.25, -0.2) is 9.59 Å². The van der Waals surface area contributed by atoms with Crippen molar-refractivity contribution in [1.29, 1.82) is 0 Å². The Morgan fingerprint density at radius 3 is 2.60 bits per heavy atom. The summed E-state index contributed by atoms with van der Waals surface area (Å²) in [5.74, 6) is -0.307. The highest BCUT2D eigenvalue weighted by atomic mass is 16.6. The third-order valence-corrected chi connectivity index (χ3v) is 2.09. The highest BCUT2D eigenvalue weighted by Gasteiger charge is 2.17. The number of esters is 1. The fraction of sp³-hybridized carbons (Fsp3) is 0.429. The Morgan fingerprint density at radius 2 is 2.00 bits per heavy atom. The molecule has 0 saturated heterocycles. The van der Waals surface area contributed by atoms with Gasteiger partial charge in [-0.05, 0) is 38.5 Å². The summed E-state index contributed by atoms with van der Waals surface area (Å²) in [4.78, 5) is 22.9. The Kier molecular flexibility index (Phi) is 5.52. The van der Waals surface area contributed by atoms with Crippen molar-refractivity contribution in [3.05, 3.63) is 29.8 Å². The van der Waals surface area contributed by atoms with E-state index in [4.69, 9.17) is 14.6 Å². The fourth-order valence-corrected chi connectivity index (χ4v) is 1.33. The van der Waals surface area contributed by atoms with Gasteiger partial charge in [0, 0.05) is 0 Å². The Morgan fingerprint density at radius 1 is 1.30 bits per heavy atom. The zero-order valence-corrected chi connectivity index (χ0v) is 11.8. The van der Waals surface area contributed by atoms with Gasteiger partial charge in [-0.3, -0.25) is 0 Å². The first-order valence-corrected chi connectivity index (χ1v) is 6.17. The lowest BCUT2D eigenvalue weighted by Crippen LogP contribution is -2.36. The molecule has 0 saturated carbocycles. The van der Waals surface area contributed by atoms with E-state index in [1.165, 1.54) is 0 Å². The monoisotopic (exact) mass is 281 g/mol. The van der Waals surface area contributed by atoms with E-state index in [9.17, 15) is 9.59 Å². The predicted octanol–water partition coefficient (Wildman–Crippen LogP) is 1.61. The van der Waals surface area contributed by atoms with Crippen LogP contribution in [-0.4, -0.2) is 29.3 Å². The third kappa shape index (κ3) is 6.19. The molecule has 110 valence electrons. The van der Waals surface area contributed by atoms with Crippen LogP contribution in [0.2, 0.25) is 0 Å². The predicted molar refractivity (Wildman–Crippen MR) is 72.2 cm³/mol. The lowest BCUT2D eigenvalue weighted by molar-refractivity contribution is -0.133. The summed E-state index contributed by atoms with van der Waals surface area (Å²) in [6.45, 7) is 4.75. The SMILES string of the molecule is CC(C)(C)OC(=O)NCC(=O)Oc1cccc(CO)c1. The Hall–Kier alpha value is -2.08. The maximum Gasteiger partial charge on any atom is 0.408 e. The van der Waals surface area contributed by atoms with E-state index in [-0.39, 0.29) is 13.2 Å². The molecule has 0 heterocycles. The quantitative estimate of drug-likeness (QED) is 0.647. The van der Waals surface area contributed by atoms with Gasteiger partial charge in [0.2, 0.25) is 0 Å². The maximum atomic E-state index is 11.5. The molecule has 0 atom stereocenters. The summed E-state index contributed by atoms with van der Waals surface area (Å²) < 4.78 is 10.0. The molecule has 0 radical (unpaired) electrons. The van der Waals surface area contributed by atoms with Crippen LogP contribution in [0.3, 0.4) is 0 Å². The van der Waals surface area contributed by atoms with Crippen LogP contribution in [0.4, 0.5) is 4.79 Å². The topological polar surface area (TPSA) is 84.9 Å². The van der Waals surface area contributed by atoms with E-state index < -0.39 is 17.7 Å². The second-order valence-corrected chi connectivity index (χ2v) is 5.14. The number of amides is 1. The molecule has 1 aromatic carbocycles. The first kappa shape index (κ1) is 16.0. The molecule has 20 heavy (non-hydrogen) atoms. The standard InChI is InChI=1S/C14H19NO5/c1-14(2,3)20-13(18)15-8-12(17)19-11-6-4-5-10(7-11)9-16/h4-7,16H,8-9H2,1-3H3,(H,15,18). The Bertz CT molecular complexity index is 479. The number of benzene rings is 1. The van der Waals surface area contributed by atoms with Gasteiger partial charge in [0.25, 0.3) is 0 Å². The van der Waals surface area contributed by atoms with E-state index >= 15 is 0 Å². The summed E-state index contributed by atoms with van der Waals surface area (Å²) in [5.41, 5.74) is 0.0130. The van der Waals surface area contributed by atoms with Crippen LogP contribution in [0.25, 0.3) is 0 Å². The number of alkyl carbamates (subject to hydrolysis) is 1. The van der Waals surface area contributed by atoms with Crippen molar-refractivity contribution in [1.82, 2.24) is 5.32 Å². The van der Waals surface area contributed by atoms with Crippen molar-refractivity contribution in [3.63, 3.8) is 0 Å². The van der Waals surface area contributed by atoms with Gasteiger partial charge in [0.05, 0.1) is 6.61 Å². The van der Waals surface area contributed by atoms with Crippen LogP contribution in [0.15, 0.2) is 24.3 Å². The number of aliphatic hydroxyl groups is 1. The number of rotatable bonds is 4. The van der Waals surface area contributed by atoms with Crippen molar-refractivity contribution < 1.29 is 24.2 Å². The molecular weight excluding hydrogens is 262 g/mol. The van der Waals surface area contributed by atoms with E-state index in [1.807, 2.05) is 0 Å². The van der Waals surface area contributed by atoms with Crippen molar-refractivity contribution in [3.8, 4) is 5.75 Å². The molecule has 1 aromatic rings. The van der Waals surface area contributed by atoms with E-state index in [2.05, 4.69) is 5.32 Å². The summed E-state index contributed by atoms with van der Waals surface area (Å²) in [5, 5.41) is 11.3. The van der Waals surface area contributed by atoms with Crippen LogP contribution in [0, 0.1) is 0 Å². The van der Waals surface area contributed by atoms with Gasteiger partial charge < -0.3 is 19.9 Å². The summed E-state index contributed by atoms with van der Waals surface area (Å²) >= 11 is 0. The molecule has 0 aliphatic carbocycles. The van der Waals surface area contributed by atoms with Crippen LogP contribution in [0.5, 0.6) is 5.75 Å². The van der Waals surface area contributed by atoms with Crippen molar-refractivity contribution in [2.45, 2.75) is 33.0 Å². The lowest BCUT2D eigenvalue weighted by Gasteiger charge is -2.19. The highest BCUT2D eigenvalue weighted by molar-refractivity contribution is 5.79. The Balaban J connectivity index is 2.42. The van der Waals surface area contributed by atoms with E-state index in [0.717, 1.165) is 0 Å². The largest absolute Gasteiger partial charge is 0.444 e. The van der Waals surface area contributed by atoms with Gasteiger partial charge in [-0.2, -0.15) is 0 Å². The van der Waals surface area contributed by atoms with Crippen LogP contribution in [0.1, 0.15) is 26.3 Å². The normalized spacial score (nSPS) is 10.8. The smallest absolute Gasteiger partial charge is 0.408 e. The number of ether oxygens (including phenoxy) is 2. The summed E-state index contributed by atoms with van der Waals surface area (Å²) in [6, 6.07) is 6.50. The third-order valence-electron chi connectivity index (χ3n) is 2.09. The average Bonchev–Trinajstić information content (AvgIpc) is 2.34. The number of carbonyl (C=O) groups excluding carboxylic acids is 2. The maximum absolute atomic E-state index is 11.5. The molecule has 6 nitrogen and oxygen atoms in total. The Labute approximate surface area is 117 Å². The molecule has 2 N–H and O–H groups in total. The summed E-state index contributed by atoms with van der Waals surface area (Å²) in [6.07, 6.45) is -0.682. The van der Waals surface area contributed by atoms with Gasteiger partial charge in [0.1, 0.15) is 17.9 Å². The molecular formula is C14H19NO5. The first-order valence-electron chi connectivity index (χ1n) is 6.17. The molecule has 0 aromatic heterocycles.